The van der Waals surface area contributed by atoms with E-state index < -0.39 is 0 Å². The second kappa shape index (κ2) is 7.98. The van der Waals surface area contributed by atoms with Gasteiger partial charge in [0.1, 0.15) is 11.5 Å². The predicted octanol–water partition coefficient (Wildman–Crippen LogP) is 2.99. The van der Waals surface area contributed by atoms with Crippen LogP contribution in [-0.2, 0) is 4.79 Å². The number of benzene rings is 1. The van der Waals surface area contributed by atoms with Crippen molar-refractivity contribution in [2.24, 2.45) is 0 Å². The van der Waals surface area contributed by atoms with Crippen LogP contribution in [0.5, 0.6) is 11.5 Å². The Hall–Kier alpha value is -2.82. The Bertz CT molecular complexity index is 684. The summed E-state index contributed by atoms with van der Waals surface area (Å²) in [5, 5.41) is 2.87. The van der Waals surface area contributed by atoms with E-state index in [0.717, 1.165) is 11.3 Å². The van der Waals surface area contributed by atoms with Crippen molar-refractivity contribution in [1.29, 1.82) is 0 Å². The Morgan fingerprint density at radius 1 is 1.22 bits per heavy atom. The Morgan fingerprint density at radius 2 is 2.04 bits per heavy atom. The monoisotopic (exact) mass is 312 g/mol. The van der Waals surface area contributed by atoms with E-state index in [4.69, 9.17) is 9.47 Å². The minimum Gasteiger partial charge on any atom is -0.497 e. The van der Waals surface area contributed by atoms with Crippen molar-refractivity contribution in [3.63, 3.8) is 0 Å². The van der Waals surface area contributed by atoms with Crippen molar-refractivity contribution in [1.82, 2.24) is 10.3 Å². The quantitative estimate of drug-likeness (QED) is 0.833. The highest BCUT2D eigenvalue weighted by Crippen LogP contribution is 2.25. The number of nitrogens with one attached hydrogen (secondary N) is 1. The van der Waals surface area contributed by atoms with Crippen LogP contribution in [0, 0.1) is 0 Å². The van der Waals surface area contributed by atoms with Gasteiger partial charge >= 0.3 is 0 Å². The molecule has 23 heavy (non-hydrogen) atoms. The molecule has 0 aliphatic heterocycles. The molecule has 2 rings (SSSR count). The lowest BCUT2D eigenvalue weighted by Gasteiger charge is -2.11. The van der Waals surface area contributed by atoms with Gasteiger partial charge in [-0.25, -0.2) is 0 Å². The molecular weight excluding hydrogens is 292 g/mol. The summed E-state index contributed by atoms with van der Waals surface area (Å²) in [6.45, 7) is 1.89. The van der Waals surface area contributed by atoms with Gasteiger partial charge in [0.25, 0.3) is 0 Å². The van der Waals surface area contributed by atoms with Crippen LogP contribution in [0.4, 0.5) is 0 Å². The van der Waals surface area contributed by atoms with Crippen LogP contribution in [-0.4, -0.2) is 25.1 Å². The third-order valence-electron chi connectivity index (χ3n) is 3.34. The first kappa shape index (κ1) is 16.5. The van der Waals surface area contributed by atoms with Crippen LogP contribution < -0.4 is 14.8 Å². The summed E-state index contributed by atoms with van der Waals surface area (Å²) in [6.07, 6.45) is 4.87. The maximum absolute atomic E-state index is 12.1. The van der Waals surface area contributed by atoms with E-state index >= 15 is 0 Å². The largest absolute Gasteiger partial charge is 0.497 e. The summed E-state index contributed by atoms with van der Waals surface area (Å²) >= 11 is 0. The number of rotatable bonds is 6. The topological polar surface area (TPSA) is 60.5 Å². The third-order valence-corrected chi connectivity index (χ3v) is 3.34. The predicted molar refractivity (Wildman–Crippen MR) is 89.4 cm³/mol. The van der Waals surface area contributed by atoms with Gasteiger partial charge in [-0.3, -0.25) is 9.78 Å². The van der Waals surface area contributed by atoms with Gasteiger partial charge in [-0.2, -0.15) is 0 Å². The molecule has 0 aliphatic carbocycles. The van der Waals surface area contributed by atoms with Gasteiger partial charge in [0, 0.05) is 17.8 Å². The average Bonchev–Trinajstić information content (AvgIpc) is 2.60. The van der Waals surface area contributed by atoms with Crippen LogP contribution in [0.25, 0.3) is 6.08 Å². The molecule has 120 valence electrons. The molecule has 0 saturated heterocycles. The number of carbonyl (C=O) groups excluding carboxylic acids is 1. The van der Waals surface area contributed by atoms with Crippen molar-refractivity contribution in [2.45, 2.75) is 13.0 Å². The number of pyridine rings is 1. The summed E-state index contributed by atoms with van der Waals surface area (Å²) in [7, 11) is 3.18. The van der Waals surface area contributed by atoms with E-state index in [1.54, 1.807) is 38.6 Å². The van der Waals surface area contributed by atoms with Crippen molar-refractivity contribution >= 4 is 12.0 Å². The number of methoxy groups -OCH3 is 2. The molecule has 2 aromatic rings. The summed E-state index contributed by atoms with van der Waals surface area (Å²) in [4.78, 5) is 16.3. The van der Waals surface area contributed by atoms with E-state index in [2.05, 4.69) is 10.3 Å². The van der Waals surface area contributed by atoms with Crippen LogP contribution in [0.1, 0.15) is 24.2 Å². The number of hydrogen-bond acceptors (Lipinski definition) is 4. The summed E-state index contributed by atoms with van der Waals surface area (Å²) < 4.78 is 10.5. The van der Waals surface area contributed by atoms with Gasteiger partial charge in [0.2, 0.25) is 5.91 Å². The van der Waals surface area contributed by atoms with Crippen LogP contribution in [0.2, 0.25) is 0 Å². The highest BCUT2D eigenvalue weighted by molar-refractivity contribution is 5.92. The number of aromatic nitrogens is 1. The summed E-state index contributed by atoms with van der Waals surface area (Å²) in [5.74, 6) is 1.17. The maximum atomic E-state index is 12.1. The molecule has 1 aromatic heterocycles. The minimum atomic E-state index is -0.201. The fraction of sp³-hybridized carbons (Fsp3) is 0.222. The highest BCUT2D eigenvalue weighted by Gasteiger charge is 2.08. The van der Waals surface area contributed by atoms with E-state index in [-0.39, 0.29) is 11.9 Å². The fourth-order valence-corrected chi connectivity index (χ4v) is 2.10. The molecule has 0 spiro atoms. The van der Waals surface area contributed by atoms with Gasteiger partial charge in [-0.05, 0) is 43.3 Å². The zero-order valence-electron chi connectivity index (χ0n) is 13.4. The van der Waals surface area contributed by atoms with Crippen molar-refractivity contribution < 1.29 is 14.3 Å². The summed E-state index contributed by atoms with van der Waals surface area (Å²) in [6, 6.07) is 10.9. The van der Waals surface area contributed by atoms with Gasteiger partial charge in [0.05, 0.1) is 26.0 Å². The third kappa shape index (κ3) is 4.57. The molecule has 1 heterocycles. The second-order valence-electron chi connectivity index (χ2n) is 4.93. The van der Waals surface area contributed by atoms with Gasteiger partial charge < -0.3 is 14.8 Å². The van der Waals surface area contributed by atoms with Crippen molar-refractivity contribution in [2.75, 3.05) is 14.2 Å². The first-order chi connectivity index (χ1) is 11.1. The van der Waals surface area contributed by atoms with E-state index in [0.29, 0.717) is 11.5 Å². The zero-order chi connectivity index (χ0) is 16.7. The van der Waals surface area contributed by atoms with Gasteiger partial charge in [-0.1, -0.05) is 6.07 Å². The molecule has 1 N–H and O–H groups in total. The van der Waals surface area contributed by atoms with E-state index in [1.807, 2.05) is 31.2 Å². The molecule has 5 heteroatoms. The standard InChI is InChI=1S/C18H20N2O3/c1-13(16-6-4-5-11-19-16)20-18(21)10-7-14-12-15(22-2)8-9-17(14)23-3/h4-13H,1-3H3,(H,20,21)/b10-7+. The Balaban J connectivity index is 2.06. The Morgan fingerprint density at radius 3 is 2.70 bits per heavy atom. The first-order valence-corrected chi connectivity index (χ1v) is 7.25. The molecular formula is C18H20N2O3. The molecule has 5 nitrogen and oxygen atoms in total. The minimum absolute atomic E-state index is 0.166. The van der Waals surface area contributed by atoms with Gasteiger partial charge in [0.15, 0.2) is 0 Å². The number of carbonyl (C=O) groups is 1. The van der Waals surface area contributed by atoms with Crippen LogP contribution in [0.3, 0.4) is 0 Å². The number of hydrogen-bond donors (Lipinski definition) is 1. The molecule has 0 fully saturated rings. The lowest BCUT2D eigenvalue weighted by molar-refractivity contribution is -0.117. The van der Waals surface area contributed by atoms with E-state index in [9.17, 15) is 4.79 Å². The van der Waals surface area contributed by atoms with E-state index in [1.165, 1.54) is 6.08 Å². The number of nitrogens with zero attached hydrogens (tertiary/aromatic N) is 1. The zero-order valence-corrected chi connectivity index (χ0v) is 13.4. The van der Waals surface area contributed by atoms with Crippen molar-refractivity contribution in [3.05, 3.63) is 59.9 Å². The molecule has 0 aliphatic rings. The van der Waals surface area contributed by atoms with Crippen molar-refractivity contribution in [3.8, 4) is 11.5 Å². The van der Waals surface area contributed by atoms with Crippen LogP contribution in [0.15, 0.2) is 48.7 Å². The smallest absolute Gasteiger partial charge is 0.244 e. The molecule has 1 amide bonds. The average molecular weight is 312 g/mol. The summed E-state index contributed by atoms with van der Waals surface area (Å²) in [5.41, 5.74) is 1.58. The maximum Gasteiger partial charge on any atom is 0.244 e. The molecule has 1 aromatic carbocycles. The Kier molecular flexibility index (Phi) is 5.74. The second-order valence-corrected chi connectivity index (χ2v) is 4.93. The molecule has 0 saturated carbocycles. The Labute approximate surface area is 136 Å². The molecule has 1 unspecified atom stereocenters. The highest BCUT2D eigenvalue weighted by atomic mass is 16.5. The van der Waals surface area contributed by atoms with Gasteiger partial charge in [-0.15, -0.1) is 0 Å². The SMILES string of the molecule is COc1ccc(OC)c(/C=C/C(=O)NC(C)c2ccccn2)c1. The molecule has 0 bridgehead atoms. The molecule has 1 atom stereocenters. The number of ether oxygens (including phenoxy) is 2. The number of amides is 1. The normalized spacial score (nSPS) is 12.0. The van der Waals surface area contributed by atoms with Crippen LogP contribution >= 0.6 is 0 Å². The molecule has 0 radical (unpaired) electrons. The lowest BCUT2D eigenvalue weighted by Crippen LogP contribution is -2.25. The fourth-order valence-electron chi connectivity index (χ4n) is 2.10. The lowest BCUT2D eigenvalue weighted by atomic mass is 10.1. The first-order valence-electron chi connectivity index (χ1n) is 7.25.